The molecule has 0 aliphatic carbocycles. The average Bonchev–Trinajstić information content (AvgIpc) is 3.01. The van der Waals surface area contributed by atoms with Gasteiger partial charge in [0.25, 0.3) is 5.56 Å². The molecular weight excluding hydrogens is 304 g/mol. The van der Waals surface area contributed by atoms with Crippen molar-refractivity contribution in [1.82, 2.24) is 29.9 Å². The van der Waals surface area contributed by atoms with Crippen LogP contribution in [0.2, 0.25) is 0 Å². The third-order valence-electron chi connectivity index (χ3n) is 4.73. The predicted octanol–water partition coefficient (Wildman–Crippen LogP) is 1.50. The van der Waals surface area contributed by atoms with E-state index in [-0.39, 0.29) is 5.56 Å². The van der Waals surface area contributed by atoms with Crippen molar-refractivity contribution in [3.63, 3.8) is 0 Å². The minimum absolute atomic E-state index is 0.103. The number of rotatable bonds is 5. The fourth-order valence-electron chi connectivity index (χ4n) is 3.30. The molecule has 7 nitrogen and oxygen atoms in total. The molecule has 2 aromatic heterocycles. The third-order valence-corrected chi connectivity index (χ3v) is 4.73. The van der Waals surface area contributed by atoms with Crippen LogP contribution in [0.15, 0.2) is 17.1 Å². The van der Waals surface area contributed by atoms with Gasteiger partial charge >= 0.3 is 0 Å². The van der Waals surface area contributed by atoms with Gasteiger partial charge in [0.15, 0.2) is 0 Å². The maximum absolute atomic E-state index is 11.5. The molecule has 1 N–H and O–H groups in total. The Balaban J connectivity index is 1.57. The molecule has 0 atom stereocenters. The molecule has 7 heteroatoms. The lowest BCUT2D eigenvalue weighted by molar-refractivity contribution is 0.171. The van der Waals surface area contributed by atoms with E-state index in [1.165, 1.54) is 6.07 Å². The molecule has 1 saturated heterocycles. The lowest BCUT2D eigenvalue weighted by atomic mass is 9.93. The zero-order chi connectivity index (χ0) is 17.1. The van der Waals surface area contributed by atoms with Gasteiger partial charge in [-0.05, 0) is 46.7 Å². The first-order valence-corrected chi connectivity index (χ1v) is 8.72. The van der Waals surface area contributed by atoms with Gasteiger partial charge in [-0.25, -0.2) is 4.98 Å². The Bertz CT molecular complexity index is 727. The highest BCUT2D eigenvalue weighted by Crippen LogP contribution is 2.27. The summed E-state index contributed by atoms with van der Waals surface area (Å²) >= 11 is 0. The number of hydrogen-bond acceptors (Lipinski definition) is 5. The Hall–Kier alpha value is -2.02. The number of piperidine rings is 1. The van der Waals surface area contributed by atoms with Crippen molar-refractivity contribution in [1.29, 1.82) is 0 Å². The summed E-state index contributed by atoms with van der Waals surface area (Å²) in [7, 11) is 0. The van der Waals surface area contributed by atoms with Gasteiger partial charge in [-0.1, -0.05) is 5.21 Å². The standard InChI is InChI=1S/C17H26N6O/c1-12(2)22-7-4-14(5-8-22)15-11-23(21-20-15)9-6-16-18-13(3)10-17(24)19-16/h10-12,14H,4-9H2,1-3H3,(H,18,19,24). The number of aromatic nitrogens is 5. The minimum atomic E-state index is -0.103. The van der Waals surface area contributed by atoms with Crippen LogP contribution in [0.3, 0.4) is 0 Å². The molecule has 130 valence electrons. The monoisotopic (exact) mass is 330 g/mol. The molecule has 0 saturated carbocycles. The van der Waals surface area contributed by atoms with Crippen molar-refractivity contribution in [3.05, 3.63) is 39.8 Å². The lowest BCUT2D eigenvalue weighted by Crippen LogP contribution is -2.37. The van der Waals surface area contributed by atoms with Gasteiger partial charge in [0, 0.05) is 42.9 Å². The molecule has 3 heterocycles. The van der Waals surface area contributed by atoms with Crippen molar-refractivity contribution in [2.75, 3.05) is 13.1 Å². The highest BCUT2D eigenvalue weighted by molar-refractivity contribution is 5.04. The Morgan fingerprint density at radius 1 is 1.33 bits per heavy atom. The van der Waals surface area contributed by atoms with Crippen molar-refractivity contribution in [3.8, 4) is 0 Å². The van der Waals surface area contributed by atoms with E-state index in [9.17, 15) is 4.79 Å². The number of nitrogens with one attached hydrogen (secondary N) is 1. The third kappa shape index (κ3) is 4.08. The first-order chi connectivity index (χ1) is 11.5. The van der Waals surface area contributed by atoms with Gasteiger partial charge < -0.3 is 9.88 Å². The van der Waals surface area contributed by atoms with Gasteiger partial charge in [0.05, 0.1) is 5.69 Å². The van der Waals surface area contributed by atoms with Crippen LogP contribution in [0.4, 0.5) is 0 Å². The van der Waals surface area contributed by atoms with E-state index in [0.29, 0.717) is 30.7 Å². The summed E-state index contributed by atoms with van der Waals surface area (Å²) in [5.74, 6) is 1.20. The van der Waals surface area contributed by atoms with Crippen LogP contribution in [0.25, 0.3) is 0 Å². The van der Waals surface area contributed by atoms with Crippen molar-refractivity contribution in [2.45, 2.75) is 58.5 Å². The number of aryl methyl sites for hydroxylation is 3. The second kappa shape index (κ2) is 7.25. The summed E-state index contributed by atoms with van der Waals surface area (Å²) in [6.45, 7) is 9.26. The van der Waals surface area contributed by atoms with Gasteiger partial charge in [-0.15, -0.1) is 5.10 Å². The van der Waals surface area contributed by atoms with Crippen LogP contribution in [0.1, 0.15) is 49.8 Å². The number of aromatic amines is 1. The van der Waals surface area contributed by atoms with E-state index in [2.05, 4.69) is 39.0 Å². The molecule has 0 radical (unpaired) electrons. The van der Waals surface area contributed by atoms with Crippen LogP contribution in [-0.4, -0.2) is 49.0 Å². The fourth-order valence-corrected chi connectivity index (χ4v) is 3.30. The second-order valence-corrected chi connectivity index (χ2v) is 6.89. The summed E-state index contributed by atoms with van der Waals surface area (Å²) in [6.07, 6.45) is 4.97. The van der Waals surface area contributed by atoms with Crippen LogP contribution < -0.4 is 5.56 Å². The van der Waals surface area contributed by atoms with Gasteiger partial charge in [0.2, 0.25) is 0 Å². The zero-order valence-electron chi connectivity index (χ0n) is 14.7. The SMILES string of the molecule is Cc1cc(=O)[nH]c(CCn2cc(C3CCN(C(C)C)CC3)nn2)n1. The molecule has 1 aliphatic heterocycles. The Morgan fingerprint density at radius 3 is 2.75 bits per heavy atom. The maximum atomic E-state index is 11.5. The summed E-state index contributed by atoms with van der Waals surface area (Å²) in [5.41, 5.74) is 1.72. The molecule has 0 spiro atoms. The Kier molecular flexibility index (Phi) is 5.08. The van der Waals surface area contributed by atoms with Crippen molar-refractivity contribution in [2.24, 2.45) is 0 Å². The van der Waals surface area contributed by atoms with Crippen molar-refractivity contribution < 1.29 is 0 Å². The highest BCUT2D eigenvalue weighted by Gasteiger charge is 2.24. The first-order valence-electron chi connectivity index (χ1n) is 8.72. The summed E-state index contributed by atoms with van der Waals surface area (Å²) in [6, 6.07) is 2.12. The highest BCUT2D eigenvalue weighted by atomic mass is 16.1. The van der Waals surface area contributed by atoms with Gasteiger partial charge in [0.1, 0.15) is 5.82 Å². The number of H-pyrrole nitrogens is 1. The molecule has 3 rings (SSSR count). The van der Waals surface area contributed by atoms with E-state index in [0.717, 1.165) is 37.3 Å². The lowest BCUT2D eigenvalue weighted by Gasteiger charge is -2.33. The van der Waals surface area contributed by atoms with E-state index in [1.807, 2.05) is 17.8 Å². The fraction of sp³-hybridized carbons (Fsp3) is 0.647. The molecule has 1 fully saturated rings. The number of hydrogen-bond donors (Lipinski definition) is 1. The maximum Gasteiger partial charge on any atom is 0.251 e. The predicted molar refractivity (Wildman–Crippen MR) is 92.0 cm³/mol. The normalized spacial score (nSPS) is 16.8. The molecule has 0 unspecified atom stereocenters. The Morgan fingerprint density at radius 2 is 2.08 bits per heavy atom. The largest absolute Gasteiger partial charge is 0.310 e. The van der Waals surface area contributed by atoms with Crippen LogP contribution in [0.5, 0.6) is 0 Å². The first kappa shape index (κ1) is 16.8. The molecule has 1 aliphatic rings. The van der Waals surface area contributed by atoms with Crippen molar-refractivity contribution >= 4 is 0 Å². The van der Waals surface area contributed by atoms with Crippen LogP contribution in [0, 0.1) is 6.92 Å². The molecule has 0 amide bonds. The van der Waals surface area contributed by atoms with Gasteiger partial charge in [-0.2, -0.15) is 0 Å². The summed E-state index contributed by atoms with van der Waals surface area (Å²) in [4.78, 5) is 21.1. The minimum Gasteiger partial charge on any atom is -0.310 e. The number of likely N-dealkylation sites (tertiary alicyclic amines) is 1. The van der Waals surface area contributed by atoms with Gasteiger partial charge in [-0.3, -0.25) is 9.48 Å². The van der Waals surface area contributed by atoms with Crippen LogP contribution in [-0.2, 0) is 13.0 Å². The van der Waals surface area contributed by atoms with E-state index in [1.54, 1.807) is 0 Å². The topological polar surface area (TPSA) is 79.7 Å². The average molecular weight is 330 g/mol. The van der Waals surface area contributed by atoms with E-state index in [4.69, 9.17) is 0 Å². The molecule has 24 heavy (non-hydrogen) atoms. The second-order valence-electron chi connectivity index (χ2n) is 6.89. The smallest absolute Gasteiger partial charge is 0.251 e. The molecule has 2 aromatic rings. The van der Waals surface area contributed by atoms with Crippen LogP contribution >= 0.6 is 0 Å². The molecule has 0 bridgehead atoms. The Labute approximate surface area is 142 Å². The molecular formula is C17H26N6O. The zero-order valence-corrected chi connectivity index (χ0v) is 14.7. The van der Waals surface area contributed by atoms with E-state index >= 15 is 0 Å². The molecule has 0 aromatic carbocycles. The summed E-state index contributed by atoms with van der Waals surface area (Å²) in [5, 5.41) is 8.60. The van der Waals surface area contributed by atoms with E-state index < -0.39 is 0 Å². The summed E-state index contributed by atoms with van der Waals surface area (Å²) < 4.78 is 1.85. The quantitative estimate of drug-likeness (QED) is 0.899. The number of nitrogens with zero attached hydrogens (tertiary/aromatic N) is 5.